The van der Waals surface area contributed by atoms with E-state index < -0.39 is 0 Å². The average molecular weight is 193 g/mol. The molecular formula is C11H15NO2. The molecule has 1 rings (SSSR count). The number of rotatable bonds is 4. The summed E-state index contributed by atoms with van der Waals surface area (Å²) < 4.78 is 0. The fourth-order valence-corrected chi connectivity index (χ4v) is 1.26. The van der Waals surface area contributed by atoms with Gasteiger partial charge in [0.2, 0.25) is 0 Å². The van der Waals surface area contributed by atoms with Crippen LogP contribution in [-0.2, 0) is 6.42 Å². The van der Waals surface area contributed by atoms with Gasteiger partial charge in [0.15, 0.2) is 0 Å². The van der Waals surface area contributed by atoms with Crippen molar-refractivity contribution in [3.63, 3.8) is 0 Å². The Labute approximate surface area is 83.5 Å². The molecule has 0 unspecified atom stereocenters. The second-order valence-corrected chi connectivity index (χ2v) is 3.17. The third-order valence-corrected chi connectivity index (χ3v) is 2.09. The van der Waals surface area contributed by atoms with Gasteiger partial charge in [0.1, 0.15) is 5.75 Å². The van der Waals surface area contributed by atoms with Crippen LogP contribution in [0.3, 0.4) is 0 Å². The van der Waals surface area contributed by atoms with Crippen molar-refractivity contribution in [3.8, 4) is 5.75 Å². The second kappa shape index (κ2) is 4.79. The minimum atomic E-state index is -0.390. The molecule has 76 valence electrons. The zero-order valence-corrected chi connectivity index (χ0v) is 7.98. The maximum absolute atomic E-state index is 9.47. The summed E-state index contributed by atoms with van der Waals surface area (Å²) >= 11 is 0. The van der Waals surface area contributed by atoms with E-state index in [1.54, 1.807) is 24.3 Å². The van der Waals surface area contributed by atoms with Crippen LogP contribution in [0.15, 0.2) is 30.9 Å². The zero-order chi connectivity index (χ0) is 10.6. The van der Waals surface area contributed by atoms with Crippen LogP contribution in [0, 0.1) is 0 Å². The molecule has 0 saturated carbocycles. The van der Waals surface area contributed by atoms with Gasteiger partial charge in [-0.1, -0.05) is 18.2 Å². The Morgan fingerprint density at radius 2 is 2.21 bits per heavy atom. The Morgan fingerprint density at radius 3 is 2.79 bits per heavy atom. The fraction of sp³-hybridized carbons (Fsp3) is 0.273. The normalized spacial score (nSPS) is 12.4. The van der Waals surface area contributed by atoms with E-state index in [1.807, 2.05) is 0 Å². The standard InChI is InChI=1S/C11H15NO2/c1-2-3-9-6-8(10(12)7-13)4-5-11(9)14/h2,4-6,10,13-14H,1,3,7,12H2/t10-/m0/s1. The number of aliphatic hydroxyl groups is 1. The van der Waals surface area contributed by atoms with Crippen molar-refractivity contribution in [2.24, 2.45) is 5.73 Å². The van der Waals surface area contributed by atoms with Gasteiger partial charge in [-0.3, -0.25) is 0 Å². The van der Waals surface area contributed by atoms with Crippen LogP contribution in [0.2, 0.25) is 0 Å². The van der Waals surface area contributed by atoms with Crippen LogP contribution in [-0.4, -0.2) is 16.8 Å². The number of aliphatic hydroxyl groups excluding tert-OH is 1. The molecule has 0 heterocycles. The van der Waals surface area contributed by atoms with Crippen molar-refractivity contribution in [2.45, 2.75) is 12.5 Å². The van der Waals surface area contributed by atoms with Gasteiger partial charge >= 0.3 is 0 Å². The molecule has 0 aliphatic carbocycles. The summed E-state index contributed by atoms with van der Waals surface area (Å²) in [5.74, 6) is 0.235. The summed E-state index contributed by atoms with van der Waals surface area (Å²) in [6.45, 7) is 3.50. The highest BCUT2D eigenvalue weighted by Gasteiger charge is 2.07. The van der Waals surface area contributed by atoms with Gasteiger partial charge in [0.25, 0.3) is 0 Å². The van der Waals surface area contributed by atoms with E-state index in [4.69, 9.17) is 10.8 Å². The van der Waals surface area contributed by atoms with Crippen molar-refractivity contribution >= 4 is 0 Å². The van der Waals surface area contributed by atoms with E-state index in [-0.39, 0.29) is 18.4 Å². The Morgan fingerprint density at radius 1 is 1.50 bits per heavy atom. The summed E-state index contributed by atoms with van der Waals surface area (Å²) in [5, 5.41) is 18.3. The number of phenols is 1. The first-order valence-corrected chi connectivity index (χ1v) is 4.48. The van der Waals surface area contributed by atoms with E-state index >= 15 is 0 Å². The highest BCUT2D eigenvalue weighted by molar-refractivity contribution is 5.38. The average Bonchev–Trinajstić information content (AvgIpc) is 2.20. The van der Waals surface area contributed by atoms with Crippen molar-refractivity contribution in [1.29, 1.82) is 0 Å². The molecule has 0 amide bonds. The Bertz CT molecular complexity index is 323. The molecule has 0 spiro atoms. The Hall–Kier alpha value is -1.32. The van der Waals surface area contributed by atoms with Gasteiger partial charge in [-0.05, 0) is 23.6 Å². The zero-order valence-electron chi connectivity index (χ0n) is 7.98. The molecule has 1 aromatic rings. The lowest BCUT2D eigenvalue weighted by molar-refractivity contribution is 0.268. The molecule has 0 radical (unpaired) electrons. The van der Waals surface area contributed by atoms with Crippen molar-refractivity contribution in [3.05, 3.63) is 42.0 Å². The smallest absolute Gasteiger partial charge is 0.119 e. The molecule has 0 bridgehead atoms. The highest BCUT2D eigenvalue weighted by Crippen LogP contribution is 2.21. The number of nitrogens with two attached hydrogens (primary N) is 1. The van der Waals surface area contributed by atoms with Gasteiger partial charge in [0, 0.05) is 0 Å². The monoisotopic (exact) mass is 193 g/mol. The van der Waals surface area contributed by atoms with Crippen LogP contribution >= 0.6 is 0 Å². The first-order valence-electron chi connectivity index (χ1n) is 4.48. The number of aromatic hydroxyl groups is 1. The van der Waals surface area contributed by atoms with E-state index in [1.165, 1.54) is 0 Å². The molecular weight excluding hydrogens is 178 g/mol. The molecule has 4 N–H and O–H groups in total. The number of phenolic OH excluding ortho intramolecular Hbond substituents is 1. The fourth-order valence-electron chi connectivity index (χ4n) is 1.26. The van der Waals surface area contributed by atoms with Crippen LogP contribution in [0.1, 0.15) is 17.2 Å². The first-order chi connectivity index (χ1) is 6.69. The third kappa shape index (κ3) is 2.34. The molecule has 3 heteroatoms. The molecule has 14 heavy (non-hydrogen) atoms. The maximum atomic E-state index is 9.47. The number of benzene rings is 1. The summed E-state index contributed by atoms with van der Waals surface area (Å²) in [4.78, 5) is 0. The van der Waals surface area contributed by atoms with Gasteiger partial charge < -0.3 is 15.9 Å². The minimum Gasteiger partial charge on any atom is -0.508 e. The number of allylic oxidation sites excluding steroid dienone is 1. The lowest BCUT2D eigenvalue weighted by Gasteiger charge is -2.10. The lowest BCUT2D eigenvalue weighted by Crippen LogP contribution is -2.14. The van der Waals surface area contributed by atoms with Gasteiger partial charge in [0.05, 0.1) is 12.6 Å². The van der Waals surface area contributed by atoms with Crippen LogP contribution < -0.4 is 5.73 Å². The lowest BCUT2D eigenvalue weighted by atomic mass is 10.0. The summed E-state index contributed by atoms with van der Waals surface area (Å²) in [5.41, 5.74) is 7.25. The highest BCUT2D eigenvalue weighted by atomic mass is 16.3. The third-order valence-electron chi connectivity index (χ3n) is 2.09. The van der Waals surface area contributed by atoms with Crippen molar-refractivity contribution < 1.29 is 10.2 Å². The predicted molar refractivity (Wildman–Crippen MR) is 56.0 cm³/mol. The van der Waals surface area contributed by atoms with E-state index in [0.717, 1.165) is 11.1 Å². The number of hydrogen-bond acceptors (Lipinski definition) is 3. The number of hydrogen-bond donors (Lipinski definition) is 3. The largest absolute Gasteiger partial charge is 0.508 e. The predicted octanol–water partition coefficient (Wildman–Crippen LogP) is 1.11. The van der Waals surface area contributed by atoms with Crippen LogP contribution in [0.25, 0.3) is 0 Å². The van der Waals surface area contributed by atoms with Gasteiger partial charge in [-0.25, -0.2) is 0 Å². The maximum Gasteiger partial charge on any atom is 0.119 e. The summed E-state index contributed by atoms with van der Waals surface area (Å²) in [6.07, 6.45) is 2.31. The molecule has 1 atom stereocenters. The van der Waals surface area contributed by atoms with Gasteiger partial charge in [-0.2, -0.15) is 0 Å². The topological polar surface area (TPSA) is 66.5 Å². The molecule has 0 fully saturated rings. The van der Waals surface area contributed by atoms with Gasteiger partial charge in [-0.15, -0.1) is 6.58 Å². The minimum absolute atomic E-state index is 0.0989. The van der Waals surface area contributed by atoms with E-state index in [0.29, 0.717) is 6.42 Å². The molecule has 0 aliphatic rings. The molecule has 0 aliphatic heterocycles. The molecule has 3 nitrogen and oxygen atoms in total. The van der Waals surface area contributed by atoms with E-state index in [9.17, 15) is 5.11 Å². The summed E-state index contributed by atoms with van der Waals surface area (Å²) in [6, 6.07) is 4.70. The quantitative estimate of drug-likeness (QED) is 0.627. The van der Waals surface area contributed by atoms with Crippen LogP contribution in [0.4, 0.5) is 0 Å². The molecule has 0 aromatic heterocycles. The van der Waals surface area contributed by atoms with Crippen molar-refractivity contribution in [1.82, 2.24) is 0 Å². The second-order valence-electron chi connectivity index (χ2n) is 3.17. The first kappa shape index (κ1) is 10.8. The van der Waals surface area contributed by atoms with Crippen molar-refractivity contribution in [2.75, 3.05) is 6.61 Å². The van der Waals surface area contributed by atoms with Crippen LogP contribution in [0.5, 0.6) is 5.75 Å². The summed E-state index contributed by atoms with van der Waals surface area (Å²) in [7, 11) is 0. The Balaban J connectivity index is 2.99. The molecule has 1 aromatic carbocycles. The SMILES string of the molecule is C=CCc1cc([C@@H](N)CO)ccc1O. The van der Waals surface area contributed by atoms with E-state index in [2.05, 4.69) is 6.58 Å². The molecule has 0 saturated heterocycles. The Kier molecular flexibility index (Phi) is 3.68.